The van der Waals surface area contributed by atoms with Crippen molar-refractivity contribution in [1.82, 2.24) is 0 Å². The van der Waals surface area contributed by atoms with Gasteiger partial charge in [-0.2, -0.15) is 0 Å². The second-order valence-electron chi connectivity index (χ2n) is 6.44. The molecule has 0 heterocycles. The van der Waals surface area contributed by atoms with Gasteiger partial charge in [-0.3, -0.25) is 0 Å². The highest BCUT2D eigenvalue weighted by Crippen LogP contribution is 2.50. The fourth-order valence-corrected chi connectivity index (χ4v) is 3.69. The van der Waals surface area contributed by atoms with Crippen molar-refractivity contribution in [3.8, 4) is 22.3 Å². The van der Waals surface area contributed by atoms with E-state index in [0.717, 1.165) is 5.02 Å². The quantitative estimate of drug-likeness (QED) is 0.494. The fraction of sp³-hybridized carbons (Fsp3) is 0.143. The summed E-state index contributed by atoms with van der Waals surface area (Å²) in [5.41, 5.74) is 7.86. The van der Waals surface area contributed by atoms with E-state index in [1.165, 1.54) is 33.4 Å². The van der Waals surface area contributed by atoms with Crippen LogP contribution in [0.1, 0.15) is 25.0 Å². The lowest BCUT2D eigenvalue weighted by Gasteiger charge is -2.22. The third-order valence-corrected chi connectivity index (χ3v) is 4.98. The number of benzene rings is 3. The third kappa shape index (κ3) is 1.91. The Balaban J connectivity index is 1.93. The highest BCUT2D eigenvalue weighted by molar-refractivity contribution is 6.30. The zero-order chi connectivity index (χ0) is 15.3. The molecule has 0 aliphatic heterocycles. The Morgan fingerprint density at radius 1 is 0.682 bits per heavy atom. The lowest BCUT2D eigenvalue weighted by molar-refractivity contribution is 0.660. The van der Waals surface area contributed by atoms with E-state index in [1.807, 2.05) is 6.07 Å². The van der Waals surface area contributed by atoms with Crippen LogP contribution in [0.15, 0.2) is 66.7 Å². The second kappa shape index (κ2) is 4.72. The van der Waals surface area contributed by atoms with Crippen LogP contribution < -0.4 is 0 Å². The topological polar surface area (TPSA) is 0 Å². The molecule has 0 saturated heterocycles. The fourth-order valence-electron chi connectivity index (χ4n) is 3.52. The molecular weight excluding hydrogens is 288 g/mol. The molecule has 0 radical (unpaired) electrons. The molecule has 0 aromatic heterocycles. The summed E-state index contributed by atoms with van der Waals surface area (Å²) < 4.78 is 0. The lowest BCUT2D eigenvalue weighted by Crippen LogP contribution is -2.15. The van der Waals surface area contributed by atoms with Gasteiger partial charge in [-0.25, -0.2) is 0 Å². The first-order chi connectivity index (χ1) is 10.6. The molecule has 0 bridgehead atoms. The normalized spacial score (nSPS) is 14.5. The third-order valence-electron chi connectivity index (χ3n) is 4.75. The van der Waals surface area contributed by atoms with Crippen molar-refractivity contribution >= 4 is 11.6 Å². The molecule has 3 aromatic rings. The average Bonchev–Trinajstić information content (AvgIpc) is 2.76. The molecule has 1 heteroatoms. The molecule has 0 nitrogen and oxygen atoms in total. The molecular formula is C21H17Cl. The maximum Gasteiger partial charge on any atom is 0.0409 e. The molecule has 1 aliphatic carbocycles. The predicted octanol–water partition coefficient (Wildman–Crippen LogP) is 6.31. The number of hydrogen-bond donors (Lipinski definition) is 0. The van der Waals surface area contributed by atoms with E-state index >= 15 is 0 Å². The highest BCUT2D eigenvalue weighted by atomic mass is 35.5. The molecule has 22 heavy (non-hydrogen) atoms. The van der Waals surface area contributed by atoms with Gasteiger partial charge in [-0.1, -0.05) is 74.0 Å². The van der Waals surface area contributed by atoms with E-state index in [-0.39, 0.29) is 5.41 Å². The van der Waals surface area contributed by atoms with Crippen molar-refractivity contribution in [2.75, 3.05) is 0 Å². The second-order valence-corrected chi connectivity index (χ2v) is 6.88. The maximum atomic E-state index is 6.22. The molecule has 0 spiro atoms. The van der Waals surface area contributed by atoms with Gasteiger partial charge < -0.3 is 0 Å². The van der Waals surface area contributed by atoms with Crippen LogP contribution in [0.2, 0.25) is 5.02 Å². The number of hydrogen-bond acceptors (Lipinski definition) is 0. The first-order valence-electron chi connectivity index (χ1n) is 7.58. The Kier molecular flexibility index (Phi) is 2.92. The van der Waals surface area contributed by atoms with E-state index < -0.39 is 0 Å². The van der Waals surface area contributed by atoms with Crippen molar-refractivity contribution in [3.63, 3.8) is 0 Å². The molecule has 0 atom stereocenters. The zero-order valence-electron chi connectivity index (χ0n) is 12.7. The minimum atomic E-state index is -0.0135. The Labute approximate surface area is 136 Å². The standard InChI is InChI=1S/C21H17Cl/c1-21(2)19-12-15(14-6-4-3-5-7-14)8-10-17(19)18-11-9-16(22)13-20(18)21/h3-13H,1-2H3. The maximum absolute atomic E-state index is 6.22. The summed E-state index contributed by atoms with van der Waals surface area (Å²) in [4.78, 5) is 0. The van der Waals surface area contributed by atoms with Crippen LogP contribution in [0.25, 0.3) is 22.3 Å². The van der Waals surface area contributed by atoms with Crippen LogP contribution in [-0.2, 0) is 5.41 Å². The van der Waals surface area contributed by atoms with Crippen LogP contribution in [0.4, 0.5) is 0 Å². The average molecular weight is 305 g/mol. The van der Waals surface area contributed by atoms with E-state index in [0.29, 0.717) is 0 Å². The molecule has 0 saturated carbocycles. The summed E-state index contributed by atoms with van der Waals surface area (Å²) in [6, 6.07) is 23.6. The SMILES string of the molecule is CC1(C)c2cc(Cl)ccc2-c2ccc(-c3ccccc3)cc21. The highest BCUT2D eigenvalue weighted by Gasteiger charge is 2.35. The molecule has 4 rings (SSSR count). The van der Waals surface area contributed by atoms with Crippen molar-refractivity contribution in [2.45, 2.75) is 19.3 Å². The van der Waals surface area contributed by atoms with Gasteiger partial charge in [0.2, 0.25) is 0 Å². The van der Waals surface area contributed by atoms with Crippen LogP contribution in [0.5, 0.6) is 0 Å². The van der Waals surface area contributed by atoms with E-state index in [9.17, 15) is 0 Å². The summed E-state index contributed by atoms with van der Waals surface area (Å²) >= 11 is 6.22. The number of halogens is 1. The first kappa shape index (κ1) is 13.6. The summed E-state index contributed by atoms with van der Waals surface area (Å²) in [5.74, 6) is 0. The Morgan fingerprint density at radius 3 is 2.05 bits per heavy atom. The Hall–Kier alpha value is -2.05. The zero-order valence-corrected chi connectivity index (χ0v) is 13.5. The molecule has 1 aliphatic rings. The van der Waals surface area contributed by atoms with Gasteiger partial charge >= 0.3 is 0 Å². The molecule has 108 valence electrons. The predicted molar refractivity (Wildman–Crippen MR) is 94.5 cm³/mol. The Morgan fingerprint density at radius 2 is 1.32 bits per heavy atom. The van der Waals surface area contributed by atoms with Gasteiger partial charge in [0.1, 0.15) is 0 Å². The van der Waals surface area contributed by atoms with Gasteiger partial charge in [0, 0.05) is 10.4 Å². The molecule has 3 aromatic carbocycles. The Bertz CT molecular complexity index is 860. The van der Waals surface area contributed by atoms with Crippen LogP contribution in [0.3, 0.4) is 0 Å². The first-order valence-corrected chi connectivity index (χ1v) is 7.95. The van der Waals surface area contributed by atoms with Crippen molar-refractivity contribution in [3.05, 3.63) is 82.9 Å². The minimum Gasteiger partial charge on any atom is -0.0843 e. The van der Waals surface area contributed by atoms with E-state index in [2.05, 4.69) is 74.5 Å². The van der Waals surface area contributed by atoms with Crippen molar-refractivity contribution in [2.24, 2.45) is 0 Å². The molecule has 0 amide bonds. The lowest BCUT2D eigenvalue weighted by atomic mass is 9.81. The summed E-state index contributed by atoms with van der Waals surface area (Å²) in [5, 5.41) is 0.808. The summed E-state index contributed by atoms with van der Waals surface area (Å²) in [7, 11) is 0. The van der Waals surface area contributed by atoms with E-state index in [4.69, 9.17) is 11.6 Å². The number of rotatable bonds is 1. The summed E-state index contributed by atoms with van der Waals surface area (Å²) in [6.45, 7) is 4.56. The monoisotopic (exact) mass is 304 g/mol. The number of fused-ring (bicyclic) bond motifs is 3. The minimum absolute atomic E-state index is 0.0135. The van der Waals surface area contributed by atoms with Gasteiger partial charge in [0.15, 0.2) is 0 Å². The molecule has 0 unspecified atom stereocenters. The molecule has 0 N–H and O–H groups in total. The smallest absolute Gasteiger partial charge is 0.0409 e. The van der Waals surface area contributed by atoms with Crippen LogP contribution in [0, 0.1) is 0 Å². The molecule has 0 fully saturated rings. The largest absolute Gasteiger partial charge is 0.0843 e. The van der Waals surface area contributed by atoms with Gasteiger partial charge in [0.25, 0.3) is 0 Å². The van der Waals surface area contributed by atoms with Gasteiger partial charge in [-0.15, -0.1) is 0 Å². The van der Waals surface area contributed by atoms with Crippen LogP contribution in [-0.4, -0.2) is 0 Å². The van der Waals surface area contributed by atoms with E-state index in [1.54, 1.807) is 0 Å². The summed E-state index contributed by atoms with van der Waals surface area (Å²) in [6.07, 6.45) is 0. The van der Waals surface area contributed by atoms with Crippen LogP contribution >= 0.6 is 11.6 Å². The van der Waals surface area contributed by atoms with Crippen molar-refractivity contribution in [1.29, 1.82) is 0 Å². The van der Waals surface area contributed by atoms with Crippen molar-refractivity contribution < 1.29 is 0 Å². The van der Waals surface area contributed by atoms with Gasteiger partial charge in [-0.05, 0) is 51.6 Å². The van der Waals surface area contributed by atoms with Gasteiger partial charge in [0.05, 0.1) is 0 Å².